The van der Waals surface area contributed by atoms with Crippen molar-refractivity contribution in [2.45, 2.75) is 51.0 Å². The first-order valence-corrected chi connectivity index (χ1v) is 8.83. The van der Waals surface area contributed by atoms with E-state index in [4.69, 9.17) is 16.6 Å². The summed E-state index contributed by atoms with van der Waals surface area (Å²) in [6.45, 7) is 3.74. The van der Waals surface area contributed by atoms with Crippen LogP contribution in [-0.2, 0) is 13.6 Å². The van der Waals surface area contributed by atoms with Gasteiger partial charge in [-0.15, -0.1) is 0 Å². The number of nitrogens with zero attached hydrogens (tertiary/aromatic N) is 2. The molecule has 1 aliphatic carbocycles. The first-order valence-electron chi connectivity index (χ1n) is 8.46. The van der Waals surface area contributed by atoms with Crippen molar-refractivity contribution in [2.24, 2.45) is 7.05 Å². The third-order valence-electron chi connectivity index (χ3n) is 4.82. The van der Waals surface area contributed by atoms with Crippen molar-refractivity contribution in [1.29, 1.82) is 0 Å². The molecule has 0 bridgehead atoms. The first-order chi connectivity index (χ1) is 11.1. The molecule has 1 aromatic rings. The van der Waals surface area contributed by atoms with E-state index in [2.05, 4.69) is 18.3 Å². The van der Waals surface area contributed by atoms with Crippen LogP contribution in [0.1, 0.15) is 61.5 Å². The van der Waals surface area contributed by atoms with Crippen LogP contribution in [0.5, 0.6) is 0 Å². The number of fused-ring (bicyclic) bond motifs is 1. The van der Waals surface area contributed by atoms with Crippen LogP contribution in [-0.4, -0.2) is 16.1 Å². The van der Waals surface area contributed by atoms with Crippen LogP contribution in [0.15, 0.2) is 28.1 Å². The van der Waals surface area contributed by atoms with E-state index in [1.54, 1.807) is 4.57 Å². The maximum Gasteiger partial charge on any atom is 0.258 e. The van der Waals surface area contributed by atoms with Gasteiger partial charge in [-0.25, -0.2) is 4.98 Å². The maximum absolute atomic E-state index is 12.8. The number of hydrogen-bond acceptors (Lipinski definition) is 3. The second-order valence-corrected chi connectivity index (χ2v) is 6.89. The Morgan fingerprint density at radius 3 is 3.00 bits per heavy atom. The van der Waals surface area contributed by atoms with Gasteiger partial charge in [0.15, 0.2) is 0 Å². The monoisotopic (exact) mass is 333 g/mol. The summed E-state index contributed by atoms with van der Waals surface area (Å²) in [7, 11) is 1.83. The maximum atomic E-state index is 12.8. The molecule has 124 valence electrons. The lowest BCUT2D eigenvalue weighted by atomic mass is 9.91. The molecule has 23 heavy (non-hydrogen) atoms. The summed E-state index contributed by atoms with van der Waals surface area (Å²) in [6.07, 6.45) is 10.2. The minimum absolute atomic E-state index is 0.0905. The third kappa shape index (κ3) is 3.29. The molecule has 2 aliphatic rings. The Morgan fingerprint density at radius 1 is 1.48 bits per heavy atom. The van der Waals surface area contributed by atoms with Crippen molar-refractivity contribution in [3.8, 4) is 0 Å². The average molecular weight is 334 g/mol. The molecule has 5 heteroatoms. The van der Waals surface area contributed by atoms with E-state index >= 15 is 0 Å². The molecule has 0 aromatic carbocycles. The molecule has 0 spiro atoms. The van der Waals surface area contributed by atoms with E-state index in [0.29, 0.717) is 12.5 Å². The normalized spacial score (nSPS) is 23.5. The van der Waals surface area contributed by atoms with E-state index in [0.717, 1.165) is 47.9 Å². The Bertz CT molecular complexity index is 705. The summed E-state index contributed by atoms with van der Waals surface area (Å²) in [5, 5.41) is 4.14. The number of aromatic nitrogens is 2. The molecular formula is C18H24ClN3O. The van der Waals surface area contributed by atoms with Crippen molar-refractivity contribution < 1.29 is 0 Å². The van der Waals surface area contributed by atoms with Gasteiger partial charge in [-0.05, 0) is 18.9 Å². The average Bonchev–Trinajstić information content (AvgIpc) is 2.57. The van der Waals surface area contributed by atoms with Gasteiger partial charge in [0.2, 0.25) is 0 Å². The van der Waals surface area contributed by atoms with Gasteiger partial charge < -0.3 is 5.32 Å². The molecule has 0 radical (unpaired) electrons. The molecule has 1 N–H and O–H groups in total. The number of rotatable bonds is 4. The van der Waals surface area contributed by atoms with E-state index in [-0.39, 0.29) is 11.5 Å². The van der Waals surface area contributed by atoms with E-state index in [1.165, 1.54) is 6.42 Å². The Balaban J connectivity index is 2.01. The van der Waals surface area contributed by atoms with Crippen molar-refractivity contribution in [1.82, 2.24) is 14.9 Å². The van der Waals surface area contributed by atoms with Gasteiger partial charge in [0.1, 0.15) is 5.82 Å². The van der Waals surface area contributed by atoms with E-state index in [1.807, 2.05) is 19.2 Å². The standard InChI is InChI=1S/C18H24ClN3O/c1-3-4-5-13-10-20-11-15-16(13)21-17(22(2)18(15)23)12-6-8-14(19)9-7-12/h6,8-9,12-13,20H,3-5,7,10-11H2,1-2H3. The largest absolute Gasteiger partial charge is 0.312 e. The van der Waals surface area contributed by atoms with Crippen molar-refractivity contribution in [3.05, 3.63) is 50.7 Å². The summed E-state index contributed by atoms with van der Waals surface area (Å²) in [6, 6.07) is 0. The molecular weight excluding hydrogens is 310 g/mol. The molecule has 1 aromatic heterocycles. The van der Waals surface area contributed by atoms with Crippen LogP contribution in [0.2, 0.25) is 0 Å². The summed E-state index contributed by atoms with van der Waals surface area (Å²) < 4.78 is 1.71. The number of halogens is 1. The fourth-order valence-electron chi connectivity index (χ4n) is 3.46. The summed E-state index contributed by atoms with van der Waals surface area (Å²) in [5.74, 6) is 1.33. The zero-order valence-electron chi connectivity index (χ0n) is 13.8. The number of hydrogen-bond donors (Lipinski definition) is 1. The highest BCUT2D eigenvalue weighted by atomic mass is 35.5. The van der Waals surface area contributed by atoms with Crippen molar-refractivity contribution in [3.63, 3.8) is 0 Å². The van der Waals surface area contributed by atoms with Crippen LogP contribution >= 0.6 is 11.6 Å². The minimum atomic E-state index is 0.0905. The minimum Gasteiger partial charge on any atom is -0.312 e. The zero-order chi connectivity index (χ0) is 16.4. The van der Waals surface area contributed by atoms with Gasteiger partial charge >= 0.3 is 0 Å². The van der Waals surface area contributed by atoms with Crippen LogP contribution in [0, 0.1) is 0 Å². The van der Waals surface area contributed by atoms with Gasteiger partial charge in [0.25, 0.3) is 5.56 Å². The number of allylic oxidation sites excluding steroid dienone is 4. The second-order valence-electron chi connectivity index (χ2n) is 6.46. The highest BCUT2D eigenvalue weighted by Gasteiger charge is 2.27. The summed E-state index contributed by atoms with van der Waals surface area (Å²) >= 11 is 6.01. The molecule has 0 saturated heterocycles. The molecule has 2 heterocycles. The highest BCUT2D eigenvalue weighted by Crippen LogP contribution is 2.30. The fourth-order valence-corrected chi connectivity index (χ4v) is 3.62. The Morgan fingerprint density at radius 2 is 2.30 bits per heavy atom. The molecule has 0 fully saturated rings. The smallest absolute Gasteiger partial charge is 0.258 e. The zero-order valence-corrected chi connectivity index (χ0v) is 14.6. The molecule has 2 unspecified atom stereocenters. The Kier molecular flexibility index (Phi) is 5.02. The van der Waals surface area contributed by atoms with Crippen LogP contribution < -0.4 is 10.9 Å². The lowest BCUT2D eigenvalue weighted by Gasteiger charge is -2.27. The first kappa shape index (κ1) is 16.5. The van der Waals surface area contributed by atoms with Crippen molar-refractivity contribution >= 4 is 11.6 Å². The van der Waals surface area contributed by atoms with Gasteiger partial charge in [0, 0.05) is 37.0 Å². The second kappa shape index (κ2) is 7.02. The van der Waals surface area contributed by atoms with Crippen molar-refractivity contribution in [2.75, 3.05) is 6.54 Å². The highest BCUT2D eigenvalue weighted by molar-refractivity contribution is 6.31. The predicted octanol–water partition coefficient (Wildman–Crippen LogP) is 3.32. The third-order valence-corrected chi connectivity index (χ3v) is 5.10. The summed E-state index contributed by atoms with van der Waals surface area (Å²) in [5.41, 5.74) is 1.95. The molecule has 4 nitrogen and oxygen atoms in total. The quantitative estimate of drug-likeness (QED) is 0.919. The van der Waals surface area contributed by atoms with Crippen LogP contribution in [0.4, 0.5) is 0 Å². The Hall–Kier alpha value is -1.39. The van der Waals surface area contributed by atoms with Gasteiger partial charge in [-0.2, -0.15) is 0 Å². The summed E-state index contributed by atoms with van der Waals surface area (Å²) in [4.78, 5) is 17.7. The van der Waals surface area contributed by atoms with Crippen LogP contribution in [0.3, 0.4) is 0 Å². The van der Waals surface area contributed by atoms with Gasteiger partial charge in [-0.1, -0.05) is 43.5 Å². The molecule has 3 rings (SSSR count). The topological polar surface area (TPSA) is 46.9 Å². The van der Waals surface area contributed by atoms with E-state index < -0.39 is 0 Å². The lowest BCUT2D eigenvalue weighted by Crippen LogP contribution is -2.38. The molecule has 1 aliphatic heterocycles. The Labute approximate surface area is 142 Å². The lowest BCUT2D eigenvalue weighted by molar-refractivity contribution is 0.470. The van der Waals surface area contributed by atoms with Gasteiger partial charge in [0.05, 0.1) is 11.3 Å². The van der Waals surface area contributed by atoms with Crippen LogP contribution in [0.25, 0.3) is 0 Å². The molecule has 0 saturated carbocycles. The van der Waals surface area contributed by atoms with E-state index in [9.17, 15) is 4.79 Å². The van der Waals surface area contributed by atoms with Gasteiger partial charge in [-0.3, -0.25) is 9.36 Å². The SMILES string of the molecule is CCCCC1CNCc2c1nc(C1C=CC(Cl)=CC1)n(C)c2=O. The number of nitrogens with one attached hydrogen (secondary N) is 1. The number of unbranched alkanes of at least 4 members (excludes halogenated alkanes) is 1. The predicted molar refractivity (Wildman–Crippen MR) is 93.9 cm³/mol. The fraction of sp³-hybridized carbons (Fsp3) is 0.556. The molecule has 0 amide bonds. The molecule has 2 atom stereocenters.